The van der Waals surface area contributed by atoms with Crippen LogP contribution in [0.2, 0.25) is 0 Å². The van der Waals surface area contributed by atoms with Crippen LogP contribution in [0.15, 0.2) is 0 Å². The Hall–Kier alpha value is -2.92. The Labute approximate surface area is 326 Å². The quantitative estimate of drug-likeness (QED) is 0.0540. The van der Waals surface area contributed by atoms with Gasteiger partial charge in [0.15, 0.2) is 0 Å². The van der Waals surface area contributed by atoms with Crippen molar-refractivity contribution in [2.75, 3.05) is 26.9 Å². The molecule has 5 aliphatic carbocycles. The lowest BCUT2D eigenvalue weighted by molar-refractivity contribution is -0.338. The fourth-order valence-corrected chi connectivity index (χ4v) is 10.3. The van der Waals surface area contributed by atoms with Gasteiger partial charge in [0.05, 0.1) is 68.4 Å². The molecule has 13 nitrogen and oxygen atoms in total. The van der Waals surface area contributed by atoms with Crippen molar-refractivity contribution < 1.29 is 62.9 Å². The third kappa shape index (κ3) is 11.6. The summed E-state index contributed by atoms with van der Waals surface area (Å²) in [5.41, 5.74) is -0.725. The van der Waals surface area contributed by atoms with Crippen LogP contribution in [0.5, 0.6) is 0 Å². The first-order valence-electron chi connectivity index (χ1n) is 20.9. The molecule has 0 heterocycles. The van der Waals surface area contributed by atoms with Crippen LogP contribution >= 0.6 is 0 Å². The van der Waals surface area contributed by atoms with E-state index in [2.05, 4.69) is 6.11 Å². The molecule has 5 fully saturated rings. The Bertz CT molecular complexity index is 1290. The van der Waals surface area contributed by atoms with Crippen molar-refractivity contribution in [3.63, 3.8) is 0 Å². The number of carboxylic acid groups (broad SMARTS) is 2. The van der Waals surface area contributed by atoms with Crippen molar-refractivity contribution >= 4 is 23.9 Å². The molecule has 7 unspecified atom stereocenters. The molecule has 310 valence electrons. The summed E-state index contributed by atoms with van der Waals surface area (Å²) in [6.07, 6.45) is 21.0. The number of rotatable bonds is 17. The molecule has 5 rings (SSSR count). The van der Waals surface area contributed by atoms with E-state index in [-0.39, 0.29) is 61.2 Å². The molecule has 0 aliphatic heterocycles. The molecule has 55 heavy (non-hydrogen) atoms. The highest BCUT2D eigenvalue weighted by atomic mass is 17.2. The fraction of sp³-hybridized carbons (Fsp3) is 0.857. The van der Waals surface area contributed by atoms with Crippen LogP contribution in [0.25, 0.3) is 0 Å². The molecular formula is C42H64O13. The van der Waals surface area contributed by atoms with Gasteiger partial charge < -0.3 is 33.9 Å². The second-order valence-electron chi connectivity index (χ2n) is 16.9. The number of carboxylic acids is 2. The van der Waals surface area contributed by atoms with Gasteiger partial charge in [-0.1, -0.05) is 25.7 Å². The molecule has 0 aromatic heterocycles. The Kier molecular flexibility index (Phi) is 16.5. The molecule has 13 heteroatoms. The minimum absolute atomic E-state index is 0.0354. The van der Waals surface area contributed by atoms with Gasteiger partial charge >= 0.3 is 23.9 Å². The number of esters is 2. The molecule has 5 aliphatic rings. The van der Waals surface area contributed by atoms with Crippen LogP contribution in [0, 0.1) is 53.5 Å². The summed E-state index contributed by atoms with van der Waals surface area (Å²) >= 11 is 0. The number of methoxy groups -OCH3 is 1. The number of aliphatic carboxylic acids is 2. The van der Waals surface area contributed by atoms with Crippen LogP contribution in [0.1, 0.15) is 129 Å². The highest BCUT2D eigenvalue weighted by molar-refractivity contribution is 5.81. The van der Waals surface area contributed by atoms with Gasteiger partial charge in [0, 0.05) is 0 Å². The van der Waals surface area contributed by atoms with E-state index in [1.165, 1.54) is 26.4 Å². The molecule has 5 saturated carbocycles. The Balaban J connectivity index is 1.03. The molecular weight excluding hydrogens is 712 g/mol. The van der Waals surface area contributed by atoms with Crippen LogP contribution in [0.4, 0.5) is 0 Å². The van der Waals surface area contributed by atoms with E-state index < -0.39 is 41.1 Å². The zero-order valence-electron chi connectivity index (χ0n) is 32.9. The normalized spacial score (nSPS) is 34.3. The lowest BCUT2D eigenvalue weighted by Crippen LogP contribution is -2.47. The van der Waals surface area contributed by atoms with E-state index in [0.29, 0.717) is 83.5 Å². The first-order chi connectivity index (χ1) is 26.5. The predicted molar refractivity (Wildman–Crippen MR) is 198 cm³/mol. The second kappa shape index (κ2) is 21.0. The summed E-state index contributed by atoms with van der Waals surface area (Å²) in [5.74, 6) is -4.89. The van der Waals surface area contributed by atoms with E-state index in [1.54, 1.807) is 0 Å². The third-order valence-electron chi connectivity index (χ3n) is 13.7. The minimum Gasteiger partial charge on any atom is -0.481 e. The maximum absolute atomic E-state index is 13.4. The second-order valence-corrected chi connectivity index (χ2v) is 16.9. The summed E-state index contributed by atoms with van der Waals surface area (Å²) in [4.78, 5) is 62.3. The number of terminal acetylenes is 1. The molecule has 2 N–H and O–H groups in total. The lowest BCUT2D eigenvalue weighted by Gasteiger charge is -2.46. The first kappa shape index (κ1) is 43.2. The molecule has 0 saturated heterocycles. The number of carbonyl (C=O) groups excluding carboxylic acids is 2. The van der Waals surface area contributed by atoms with E-state index in [1.807, 2.05) is 6.92 Å². The van der Waals surface area contributed by atoms with Crippen molar-refractivity contribution in [3.05, 3.63) is 0 Å². The first-order valence-corrected chi connectivity index (χ1v) is 20.9. The SMILES string of the molecule is C#COC1CCC(C(=O)OC2CCC(C(C)(C(=O)OC)C3CCC(OOCC4CCC(OCCOC5CCCCC5)CC4C(=O)O)CC3)CC2)C(C(=O)O)C1. The van der Waals surface area contributed by atoms with Gasteiger partial charge in [-0.25, -0.2) is 9.78 Å². The maximum Gasteiger partial charge on any atom is 0.312 e. The molecule has 0 aromatic carbocycles. The lowest BCUT2D eigenvalue weighted by atomic mass is 9.59. The van der Waals surface area contributed by atoms with Crippen LogP contribution < -0.4 is 0 Å². The van der Waals surface area contributed by atoms with Crippen LogP contribution in [0.3, 0.4) is 0 Å². The molecule has 0 amide bonds. The van der Waals surface area contributed by atoms with Gasteiger partial charge in [0.1, 0.15) is 18.3 Å². The number of carbonyl (C=O) groups is 4. The average Bonchev–Trinajstić information content (AvgIpc) is 3.20. The van der Waals surface area contributed by atoms with Gasteiger partial charge in [-0.2, -0.15) is 0 Å². The van der Waals surface area contributed by atoms with E-state index in [4.69, 9.17) is 39.9 Å². The number of hydrogen-bond donors (Lipinski definition) is 2. The van der Waals surface area contributed by atoms with Gasteiger partial charge in [0.25, 0.3) is 0 Å². The van der Waals surface area contributed by atoms with Gasteiger partial charge in [-0.15, -0.1) is 0 Å². The van der Waals surface area contributed by atoms with E-state index >= 15 is 0 Å². The van der Waals surface area contributed by atoms with Crippen molar-refractivity contribution in [3.8, 4) is 12.5 Å². The number of ether oxygens (including phenoxy) is 5. The standard InChI is InChI=1S/C42H64O13/c1-4-50-33-20-21-35(37(25-33)39(45)46)40(47)54-31-16-11-28(12-17-31)42(2,41(48)49-3)29-13-18-32(19-14-29)55-53-26-27-10-15-34(24-36(27)38(43)44)52-23-22-51-30-8-6-5-7-9-30/h1,27-37H,5-26H2,2-3H3,(H,43,44)(H,45,46). The van der Waals surface area contributed by atoms with Crippen molar-refractivity contribution in [1.29, 1.82) is 0 Å². The summed E-state index contributed by atoms with van der Waals surface area (Å²) in [7, 11) is 1.43. The average molecular weight is 777 g/mol. The predicted octanol–water partition coefficient (Wildman–Crippen LogP) is 6.49. The molecule has 0 radical (unpaired) electrons. The highest BCUT2D eigenvalue weighted by Gasteiger charge is 2.51. The van der Waals surface area contributed by atoms with Crippen molar-refractivity contribution in [1.82, 2.24) is 0 Å². The molecule has 0 spiro atoms. The van der Waals surface area contributed by atoms with Gasteiger partial charge in [-0.05, 0) is 127 Å². The fourth-order valence-electron chi connectivity index (χ4n) is 10.3. The Morgan fingerprint density at radius 2 is 1.22 bits per heavy atom. The Morgan fingerprint density at radius 1 is 0.655 bits per heavy atom. The summed E-state index contributed by atoms with van der Waals surface area (Å²) < 4.78 is 28.4. The molecule has 0 aromatic rings. The van der Waals surface area contributed by atoms with Crippen molar-refractivity contribution in [2.45, 2.75) is 159 Å². The summed E-state index contributed by atoms with van der Waals surface area (Å²) in [6.45, 7) is 3.24. The molecule has 0 bridgehead atoms. The van der Waals surface area contributed by atoms with Gasteiger partial charge in [-0.3, -0.25) is 19.2 Å². The smallest absolute Gasteiger partial charge is 0.312 e. The Morgan fingerprint density at radius 3 is 1.82 bits per heavy atom. The monoisotopic (exact) mass is 776 g/mol. The van der Waals surface area contributed by atoms with Crippen LogP contribution in [-0.2, 0) is 52.6 Å². The summed E-state index contributed by atoms with van der Waals surface area (Å²) in [6, 6.07) is 0. The van der Waals surface area contributed by atoms with Gasteiger partial charge in [0.2, 0.25) is 0 Å². The largest absolute Gasteiger partial charge is 0.481 e. The summed E-state index contributed by atoms with van der Waals surface area (Å²) in [5, 5.41) is 19.8. The topological polar surface area (TPSA) is 173 Å². The zero-order chi connectivity index (χ0) is 39.4. The van der Waals surface area contributed by atoms with Crippen molar-refractivity contribution in [2.24, 2.45) is 40.9 Å². The van der Waals surface area contributed by atoms with Crippen LogP contribution in [-0.4, -0.2) is 91.5 Å². The highest BCUT2D eigenvalue weighted by Crippen LogP contribution is 2.50. The van der Waals surface area contributed by atoms with E-state index in [0.717, 1.165) is 32.1 Å². The van der Waals surface area contributed by atoms with E-state index in [9.17, 15) is 29.4 Å². The minimum atomic E-state index is -1.06. The number of hydrogen-bond acceptors (Lipinski definition) is 11. The molecule has 7 atom stereocenters. The maximum atomic E-state index is 13.4. The third-order valence-corrected chi connectivity index (χ3v) is 13.7. The zero-order valence-corrected chi connectivity index (χ0v) is 32.9.